The van der Waals surface area contributed by atoms with E-state index in [4.69, 9.17) is 5.73 Å². The molecule has 1 aromatic rings. The second-order valence-electron chi connectivity index (χ2n) is 5.23. The van der Waals surface area contributed by atoms with Crippen LogP contribution in [0.2, 0.25) is 0 Å². The monoisotopic (exact) mass is 283 g/mol. The molecule has 1 rings (SSSR count). The van der Waals surface area contributed by atoms with Crippen molar-refractivity contribution in [3.05, 3.63) is 24.3 Å². The van der Waals surface area contributed by atoms with E-state index >= 15 is 0 Å². The van der Waals surface area contributed by atoms with Gasteiger partial charge in [0, 0.05) is 11.7 Å². The molecule has 0 aliphatic rings. The van der Waals surface area contributed by atoms with Crippen molar-refractivity contribution in [2.45, 2.75) is 45.1 Å². The molecule has 108 valence electrons. The number of nitrogens with two attached hydrogens (primary N) is 1. The zero-order valence-corrected chi connectivity index (χ0v) is 13.0. The smallest absolute Gasteiger partial charge is 0.137 e. The summed E-state index contributed by atoms with van der Waals surface area (Å²) in [6.45, 7) is 8.78. The van der Waals surface area contributed by atoms with E-state index in [9.17, 15) is 4.21 Å². The molecule has 0 aliphatic heterocycles. The van der Waals surface area contributed by atoms with Crippen molar-refractivity contribution in [3.8, 4) is 0 Å². The van der Waals surface area contributed by atoms with Crippen molar-refractivity contribution in [3.63, 3.8) is 0 Å². The van der Waals surface area contributed by atoms with Gasteiger partial charge >= 0.3 is 0 Å². The average Bonchev–Trinajstić information content (AvgIpc) is 2.37. The molecule has 5 heteroatoms. The van der Waals surface area contributed by atoms with Gasteiger partial charge < -0.3 is 5.73 Å². The van der Waals surface area contributed by atoms with Crippen LogP contribution in [-0.2, 0) is 9.92 Å². The van der Waals surface area contributed by atoms with Gasteiger partial charge in [0.25, 0.3) is 0 Å². The summed E-state index contributed by atoms with van der Waals surface area (Å²) in [5, 5.41) is 0. The van der Waals surface area contributed by atoms with Gasteiger partial charge in [0.2, 0.25) is 0 Å². The Kier molecular flexibility index (Phi) is 5.82. The normalized spacial score (nSPS) is 16.1. The van der Waals surface area contributed by atoms with Gasteiger partial charge in [-0.1, -0.05) is 20.8 Å². The molecule has 0 spiro atoms. The Morgan fingerprint density at radius 2 is 1.84 bits per heavy atom. The lowest BCUT2D eigenvalue weighted by Gasteiger charge is -2.17. The topological polar surface area (TPSA) is 67.5 Å². The lowest BCUT2D eigenvalue weighted by Crippen LogP contribution is -2.32. The molecule has 0 aromatic heterocycles. The number of nitrogens with zero attached hydrogens (tertiary/aromatic N) is 1. The molecule has 0 heterocycles. The van der Waals surface area contributed by atoms with Crippen molar-refractivity contribution in [1.29, 1.82) is 0 Å². The predicted octanol–water partition coefficient (Wildman–Crippen LogP) is 3.05. The summed E-state index contributed by atoms with van der Waals surface area (Å²) < 4.78 is 20.6. The van der Waals surface area contributed by atoms with Crippen molar-refractivity contribution < 1.29 is 4.21 Å². The van der Waals surface area contributed by atoms with Gasteiger partial charge in [-0.25, -0.2) is 13.3 Å². The molecule has 0 bridgehead atoms. The number of benzene rings is 1. The van der Waals surface area contributed by atoms with Gasteiger partial charge in [-0.3, -0.25) is 0 Å². The standard InChI is InChI=1S/C14H25N3OS/c1-5-12(4)17-19(18,16-10-11(2)3)14-8-6-13(15)7-9-14/h6-9,11-12H,5,10,15H2,1-4H3,(H,16,17,18). The van der Waals surface area contributed by atoms with E-state index in [1.165, 1.54) is 0 Å². The molecule has 0 saturated heterocycles. The SMILES string of the molecule is CCC(C)NS(=O)(=NCC(C)C)c1ccc(N)cc1. The molecular formula is C14H25N3OS. The van der Waals surface area contributed by atoms with Crippen LogP contribution in [0.1, 0.15) is 34.1 Å². The Labute approximate surface area is 117 Å². The Morgan fingerprint density at radius 3 is 2.32 bits per heavy atom. The molecule has 0 aliphatic carbocycles. The third-order valence-electron chi connectivity index (χ3n) is 2.79. The summed E-state index contributed by atoms with van der Waals surface area (Å²) in [5.74, 6) is 0.383. The minimum Gasteiger partial charge on any atom is -0.399 e. The molecular weight excluding hydrogens is 258 g/mol. The predicted molar refractivity (Wildman–Crippen MR) is 82.3 cm³/mol. The first-order chi connectivity index (χ1) is 8.87. The maximum Gasteiger partial charge on any atom is 0.137 e. The summed E-state index contributed by atoms with van der Waals surface area (Å²) in [7, 11) is -2.57. The van der Waals surface area contributed by atoms with Crippen molar-refractivity contribution in [1.82, 2.24) is 4.72 Å². The van der Waals surface area contributed by atoms with Gasteiger partial charge in [-0.05, 0) is 43.5 Å². The van der Waals surface area contributed by atoms with E-state index in [2.05, 4.69) is 29.9 Å². The second-order valence-corrected chi connectivity index (χ2v) is 7.24. The van der Waals surface area contributed by atoms with Crippen LogP contribution < -0.4 is 10.5 Å². The molecule has 19 heavy (non-hydrogen) atoms. The van der Waals surface area contributed by atoms with Crippen LogP contribution in [0, 0.1) is 5.92 Å². The minimum absolute atomic E-state index is 0.154. The van der Waals surface area contributed by atoms with E-state index in [0.29, 0.717) is 23.0 Å². The minimum atomic E-state index is -2.57. The molecule has 2 atom stereocenters. The van der Waals surface area contributed by atoms with Gasteiger partial charge in [-0.2, -0.15) is 0 Å². The van der Waals surface area contributed by atoms with Crippen LogP contribution in [-0.4, -0.2) is 16.8 Å². The largest absolute Gasteiger partial charge is 0.399 e. The Hall–Kier alpha value is -1.07. The Bertz CT molecular complexity index is 502. The molecule has 4 nitrogen and oxygen atoms in total. The quantitative estimate of drug-likeness (QED) is 0.788. The number of rotatable bonds is 6. The first-order valence-corrected chi connectivity index (χ1v) is 8.24. The lowest BCUT2D eigenvalue weighted by molar-refractivity contribution is 0.607. The van der Waals surface area contributed by atoms with Gasteiger partial charge in [0.15, 0.2) is 0 Å². The van der Waals surface area contributed by atoms with E-state index < -0.39 is 9.92 Å². The summed E-state index contributed by atoms with van der Waals surface area (Å²) in [6, 6.07) is 7.25. The highest BCUT2D eigenvalue weighted by Gasteiger charge is 2.15. The summed E-state index contributed by atoms with van der Waals surface area (Å²) >= 11 is 0. The van der Waals surface area contributed by atoms with Crippen LogP contribution in [0.3, 0.4) is 0 Å². The lowest BCUT2D eigenvalue weighted by atomic mass is 10.2. The van der Waals surface area contributed by atoms with E-state index in [1.807, 2.05) is 6.92 Å². The first-order valence-electron chi connectivity index (χ1n) is 6.73. The van der Waals surface area contributed by atoms with Crippen LogP contribution >= 0.6 is 0 Å². The molecule has 0 radical (unpaired) electrons. The maximum atomic E-state index is 13.1. The van der Waals surface area contributed by atoms with Crippen LogP contribution in [0.5, 0.6) is 0 Å². The second kappa shape index (κ2) is 6.91. The van der Waals surface area contributed by atoms with E-state index in [1.54, 1.807) is 24.3 Å². The molecule has 0 saturated carbocycles. The molecule has 2 unspecified atom stereocenters. The van der Waals surface area contributed by atoms with Crippen LogP contribution in [0.15, 0.2) is 33.5 Å². The molecule has 0 fully saturated rings. The number of anilines is 1. The maximum absolute atomic E-state index is 13.1. The third kappa shape index (κ3) is 4.84. The third-order valence-corrected chi connectivity index (χ3v) is 4.94. The van der Waals surface area contributed by atoms with Gasteiger partial charge in [0.1, 0.15) is 9.92 Å². The first kappa shape index (κ1) is 16.0. The number of nitrogens with one attached hydrogen (secondary N) is 1. The fraction of sp³-hybridized carbons (Fsp3) is 0.571. The fourth-order valence-electron chi connectivity index (χ4n) is 1.44. The highest BCUT2D eigenvalue weighted by atomic mass is 32.2. The number of hydrogen-bond acceptors (Lipinski definition) is 3. The highest BCUT2D eigenvalue weighted by molar-refractivity contribution is 7.91. The summed E-state index contributed by atoms with van der Waals surface area (Å²) in [5.41, 5.74) is 6.34. The fourth-order valence-corrected chi connectivity index (χ4v) is 3.53. The zero-order valence-electron chi connectivity index (χ0n) is 12.2. The van der Waals surface area contributed by atoms with E-state index in [-0.39, 0.29) is 6.04 Å². The van der Waals surface area contributed by atoms with Crippen molar-refractivity contribution >= 4 is 15.6 Å². The van der Waals surface area contributed by atoms with Crippen molar-refractivity contribution in [2.24, 2.45) is 10.3 Å². The van der Waals surface area contributed by atoms with E-state index in [0.717, 1.165) is 6.42 Å². The summed E-state index contributed by atoms with van der Waals surface area (Å²) in [4.78, 5) is 0.697. The average molecular weight is 283 g/mol. The van der Waals surface area contributed by atoms with Crippen molar-refractivity contribution in [2.75, 3.05) is 12.3 Å². The molecule has 3 N–H and O–H groups in total. The Morgan fingerprint density at radius 1 is 1.26 bits per heavy atom. The molecule has 1 aromatic carbocycles. The molecule has 0 amide bonds. The van der Waals surface area contributed by atoms with Crippen LogP contribution in [0.4, 0.5) is 5.69 Å². The van der Waals surface area contributed by atoms with Gasteiger partial charge in [-0.15, -0.1) is 0 Å². The highest BCUT2D eigenvalue weighted by Crippen LogP contribution is 2.15. The van der Waals surface area contributed by atoms with Crippen LogP contribution in [0.25, 0.3) is 0 Å². The zero-order chi connectivity index (χ0) is 14.5. The Balaban J connectivity index is 3.14. The summed E-state index contributed by atoms with van der Waals surface area (Å²) in [6.07, 6.45) is 0.906. The number of nitrogen functional groups attached to an aromatic ring is 1. The number of hydrogen-bond donors (Lipinski definition) is 2. The van der Waals surface area contributed by atoms with Gasteiger partial charge in [0.05, 0.1) is 11.4 Å².